The van der Waals surface area contributed by atoms with Crippen LogP contribution in [-0.2, 0) is 13.1 Å². The van der Waals surface area contributed by atoms with Gasteiger partial charge in [-0.2, -0.15) is 0 Å². The monoisotopic (exact) mass is 324 g/mol. The van der Waals surface area contributed by atoms with Gasteiger partial charge in [0.15, 0.2) is 0 Å². The van der Waals surface area contributed by atoms with E-state index in [2.05, 4.69) is 10.3 Å². The highest BCUT2D eigenvalue weighted by Crippen LogP contribution is 2.20. The molecule has 5 heteroatoms. The lowest BCUT2D eigenvalue weighted by atomic mass is 10.2. The number of pyridine rings is 1. The number of hydrogen-bond donors (Lipinski definition) is 2. The normalized spacial score (nSPS) is 10.5. The molecule has 2 N–H and O–H groups in total. The molecule has 0 unspecified atom stereocenters. The van der Waals surface area contributed by atoms with Gasteiger partial charge in [-0.05, 0) is 35.4 Å². The molecule has 0 bridgehead atoms. The first-order valence-electron chi connectivity index (χ1n) is 7.56. The second kappa shape index (κ2) is 7.57. The topological polar surface area (TPSA) is 54.4 Å². The molecule has 0 saturated heterocycles. The summed E-state index contributed by atoms with van der Waals surface area (Å²) in [7, 11) is 0. The molecule has 4 nitrogen and oxygen atoms in total. The molecule has 0 fully saturated rings. The summed E-state index contributed by atoms with van der Waals surface area (Å²) in [4.78, 5) is 4.22. The largest absolute Gasteiger partial charge is 0.508 e. The molecular formula is C19H17FN2O2. The minimum Gasteiger partial charge on any atom is -0.508 e. The maximum absolute atomic E-state index is 13.1. The van der Waals surface area contributed by atoms with Crippen molar-refractivity contribution in [2.24, 2.45) is 0 Å². The summed E-state index contributed by atoms with van der Waals surface area (Å²) in [5, 5.41) is 12.7. The van der Waals surface area contributed by atoms with Crippen LogP contribution in [0.15, 0.2) is 66.9 Å². The molecule has 0 spiro atoms. The van der Waals surface area contributed by atoms with Crippen LogP contribution in [0, 0.1) is 5.82 Å². The Bertz CT molecular complexity index is 806. The molecule has 3 aromatic rings. The number of halogens is 1. The average Bonchev–Trinajstić information content (AvgIpc) is 2.57. The highest BCUT2D eigenvalue weighted by molar-refractivity contribution is 5.29. The Morgan fingerprint density at radius 1 is 0.958 bits per heavy atom. The average molecular weight is 324 g/mol. The number of aromatic hydroxyl groups is 1. The Balaban J connectivity index is 1.53. The molecule has 0 aliphatic carbocycles. The molecule has 122 valence electrons. The zero-order chi connectivity index (χ0) is 16.8. The maximum Gasteiger partial charge on any atom is 0.219 e. The number of rotatable bonds is 6. The van der Waals surface area contributed by atoms with E-state index in [0.717, 1.165) is 11.1 Å². The zero-order valence-corrected chi connectivity index (χ0v) is 12.9. The molecule has 24 heavy (non-hydrogen) atoms. The van der Waals surface area contributed by atoms with Gasteiger partial charge in [0.2, 0.25) is 5.88 Å². The fourth-order valence-corrected chi connectivity index (χ4v) is 2.24. The molecule has 0 aliphatic heterocycles. The van der Waals surface area contributed by atoms with Crippen molar-refractivity contribution in [1.29, 1.82) is 0 Å². The number of nitrogens with zero attached hydrogens (tertiary/aromatic N) is 1. The van der Waals surface area contributed by atoms with Crippen LogP contribution < -0.4 is 10.1 Å². The maximum atomic E-state index is 13.1. The fraction of sp³-hybridized carbons (Fsp3) is 0.105. The predicted octanol–water partition coefficient (Wildman–Crippen LogP) is 4.01. The molecule has 0 saturated carbocycles. The molecule has 2 aromatic carbocycles. The number of hydrogen-bond acceptors (Lipinski definition) is 4. The van der Waals surface area contributed by atoms with Crippen LogP contribution >= 0.6 is 0 Å². The van der Waals surface area contributed by atoms with E-state index in [1.54, 1.807) is 36.5 Å². The first kappa shape index (κ1) is 16.0. The Labute approximate surface area is 139 Å². The van der Waals surface area contributed by atoms with Crippen LogP contribution in [0.1, 0.15) is 11.1 Å². The van der Waals surface area contributed by atoms with Gasteiger partial charge in [0, 0.05) is 31.4 Å². The second-order valence-corrected chi connectivity index (χ2v) is 5.34. The Hall–Kier alpha value is -2.92. The van der Waals surface area contributed by atoms with Gasteiger partial charge in [0.05, 0.1) is 0 Å². The molecule has 3 rings (SSSR count). The molecule has 0 aliphatic rings. The SMILES string of the molecule is Oc1cccc(CNCc2ccc(Oc3cccc(F)c3)nc2)c1. The number of phenols is 1. The van der Waals surface area contributed by atoms with E-state index in [0.29, 0.717) is 24.7 Å². The summed E-state index contributed by atoms with van der Waals surface area (Å²) in [5.41, 5.74) is 2.01. The molecular weight excluding hydrogens is 307 g/mol. The van der Waals surface area contributed by atoms with Gasteiger partial charge in [-0.25, -0.2) is 9.37 Å². The summed E-state index contributed by atoms with van der Waals surface area (Å²) in [5.74, 6) is 0.740. The smallest absolute Gasteiger partial charge is 0.219 e. The van der Waals surface area contributed by atoms with Crippen LogP contribution in [0.3, 0.4) is 0 Å². The van der Waals surface area contributed by atoms with Gasteiger partial charge >= 0.3 is 0 Å². The third-order valence-electron chi connectivity index (χ3n) is 3.38. The predicted molar refractivity (Wildman–Crippen MR) is 89.4 cm³/mol. The summed E-state index contributed by atoms with van der Waals surface area (Å²) < 4.78 is 18.6. The minimum atomic E-state index is -0.347. The first-order chi connectivity index (χ1) is 11.7. The van der Waals surface area contributed by atoms with Crippen LogP contribution in [0.5, 0.6) is 17.4 Å². The number of ether oxygens (including phenoxy) is 1. The molecule has 1 heterocycles. The first-order valence-corrected chi connectivity index (χ1v) is 7.56. The number of benzene rings is 2. The summed E-state index contributed by atoms with van der Waals surface area (Å²) in [6.07, 6.45) is 1.71. The third kappa shape index (κ3) is 4.54. The molecule has 1 aromatic heterocycles. The quantitative estimate of drug-likeness (QED) is 0.719. The number of aromatic nitrogens is 1. The highest BCUT2D eigenvalue weighted by Gasteiger charge is 2.01. The van der Waals surface area contributed by atoms with Crippen molar-refractivity contribution in [1.82, 2.24) is 10.3 Å². The lowest BCUT2D eigenvalue weighted by Gasteiger charge is -2.07. The fourth-order valence-electron chi connectivity index (χ4n) is 2.24. The zero-order valence-electron chi connectivity index (χ0n) is 12.9. The van der Waals surface area contributed by atoms with Gasteiger partial charge in [-0.15, -0.1) is 0 Å². The summed E-state index contributed by atoms with van der Waals surface area (Å²) in [6, 6.07) is 16.7. The number of nitrogens with one attached hydrogen (secondary N) is 1. The van der Waals surface area contributed by atoms with E-state index in [1.165, 1.54) is 12.1 Å². The third-order valence-corrected chi connectivity index (χ3v) is 3.38. The van der Waals surface area contributed by atoms with Crippen molar-refractivity contribution < 1.29 is 14.2 Å². The van der Waals surface area contributed by atoms with Crippen LogP contribution in [0.25, 0.3) is 0 Å². The van der Waals surface area contributed by atoms with Gasteiger partial charge in [-0.1, -0.05) is 24.3 Å². The van der Waals surface area contributed by atoms with Crippen molar-refractivity contribution in [3.63, 3.8) is 0 Å². The van der Waals surface area contributed by atoms with E-state index in [1.807, 2.05) is 18.2 Å². The van der Waals surface area contributed by atoms with E-state index >= 15 is 0 Å². The lowest BCUT2D eigenvalue weighted by Crippen LogP contribution is -2.12. The molecule has 0 amide bonds. The van der Waals surface area contributed by atoms with Crippen molar-refractivity contribution in [2.75, 3.05) is 0 Å². The van der Waals surface area contributed by atoms with E-state index < -0.39 is 0 Å². The standard InChI is InChI=1S/C19H17FN2O2/c20-16-4-2-6-18(10-16)24-19-8-7-15(13-22-19)12-21-11-14-3-1-5-17(23)9-14/h1-10,13,21,23H,11-12H2. The van der Waals surface area contributed by atoms with Crippen molar-refractivity contribution in [2.45, 2.75) is 13.1 Å². The second-order valence-electron chi connectivity index (χ2n) is 5.34. The van der Waals surface area contributed by atoms with Crippen molar-refractivity contribution in [3.05, 3.63) is 83.8 Å². The summed E-state index contributed by atoms with van der Waals surface area (Å²) >= 11 is 0. The highest BCUT2D eigenvalue weighted by atomic mass is 19.1. The van der Waals surface area contributed by atoms with Gasteiger partial charge < -0.3 is 15.2 Å². The van der Waals surface area contributed by atoms with Crippen LogP contribution in [0.4, 0.5) is 4.39 Å². The van der Waals surface area contributed by atoms with Crippen LogP contribution in [-0.4, -0.2) is 10.1 Å². The molecule has 0 atom stereocenters. The van der Waals surface area contributed by atoms with Gasteiger partial charge in [0.1, 0.15) is 17.3 Å². The van der Waals surface area contributed by atoms with Gasteiger partial charge in [-0.3, -0.25) is 0 Å². The van der Waals surface area contributed by atoms with Crippen molar-refractivity contribution in [3.8, 4) is 17.4 Å². The lowest BCUT2D eigenvalue weighted by molar-refractivity contribution is 0.457. The molecule has 0 radical (unpaired) electrons. The van der Waals surface area contributed by atoms with Crippen LogP contribution in [0.2, 0.25) is 0 Å². The van der Waals surface area contributed by atoms with E-state index in [4.69, 9.17) is 4.74 Å². The Morgan fingerprint density at radius 3 is 2.54 bits per heavy atom. The van der Waals surface area contributed by atoms with E-state index in [-0.39, 0.29) is 11.6 Å². The van der Waals surface area contributed by atoms with E-state index in [9.17, 15) is 9.50 Å². The number of phenolic OH excluding ortho intramolecular Hbond substituents is 1. The van der Waals surface area contributed by atoms with Crippen molar-refractivity contribution >= 4 is 0 Å². The Morgan fingerprint density at radius 2 is 1.79 bits per heavy atom. The minimum absolute atomic E-state index is 0.259. The summed E-state index contributed by atoms with van der Waals surface area (Å²) in [6.45, 7) is 1.29. The Kier molecular flexibility index (Phi) is 5.03. The van der Waals surface area contributed by atoms with Gasteiger partial charge in [0.25, 0.3) is 0 Å².